The summed E-state index contributed by atoms with van der Waals surface area (Å²) in [5, 5.41) is 12.6. The Hall–Kier alpha value is -2.14. The van der Waals surface area contributed by atoms with Crippen molar-refractivity contribution in [2.45, 2.75) is 12.7 Å². The number of aliphatic hydroxyl groups is 1. The van der Waals surface area contributed by atoms with Crippen LogP contribution in [0.3, 0.4) is 0 Å². The summed E-state index contributed by atoms with van der Waals surface area (Å²) in [6.45, 7) is -2.94. The van der Waals surface area contributed by atoms with E-state index in [2.05, 4.69) is 10.1 Å². The van der Waals surface area contributed by atoms with E-state index in [1.165, 1.54) is 12.1 Å². The van der Waals surface area contributed by atoms with E-state index in [4.69, 9.17) is 0 Å². The summed E-state index contributed by atoms with van der Waals surface area (Å²) in [4.78, 5) is 0. The van der Waals surface area contributed by atoms with Crippen LogP contribution in [-0.4, -0.2) is 18.3 Å². The lowest BCUT2D eigenvalue weighted by atomic mass is 10.1. The molecule has 2 N–H and O–H groups in total. The first-order chi connectivity index (χ1) is 9.69. The molecule has 20 heavy (non-hydrogen) atoms. The number of hydrogen-bond acceptors (Lipinski definition) is 3. The fourth-order valence-electron chi connectivity index (χ4n) is 1.85. The minimum absolute atomic E-state index is 0.0974. The molecule has 2 aromatic carbocycles. The second-order valence-corrected chi connectivity index (χ2v) is 4.19. The van der Waals surface area contributed by atoms with Gasteiger partial charge in [-0.3, -0.25) is 0 Å². The SMILES string of the molecule is OCC(Nc1ccccc1)c1ccc(OC(F)F)cc1. The van der Waals surface area contributed by atoms with E-state index in [9.17, 15) is 13.9 Å². The van der Waals surface area contributed by atoms with Crippen LogP contribution in [0.25, 0.3) is 0 Å². The molecule has 1 atom stereocenters. The zero-order valence-corrected chi connectivity index (χ0v) is 10.7. The van der Waals surface area contributed by atoms with Crippen LogP contribution in [0.15, 0.2) is 54.6 Å². The lowest BCUT2D eigenvalue weighted by molar-refractivity contribution is -0.0498. The number of hydrogen-bond donors (Lipinski definition) is 2. The number of rotatable bonds is 6. The van der Waals surface area contributed by atoms with Crippen LogP contribution in [0.5, 0.6) is 5.75 Å². The molecule has 0 aromatic heterocycles. The third-order valence-electron chi connectivity index (χ3n) is 2.80. The Labute approximate surface area is 115 Å². The molecule has 0 fully saturated rings. The Kier molecular flexibility index (Phi) is 4.90. The van der Waals surface area contributed by atoms with Crippen molar-refractivity contribution >= 4 is 5.69 Å². The summed E-state index contributed by atoms with van der Waals surface area (Å²) in [5.74, 6) is 0.0974. The van der Waals surface area contributed by atoms with Gasteiger partial charge in [-0.2, -0.15) is 8.78 Å². The molecular formula is C15H15F2NO2. The summed E-state index contributed by atoms with van der Waals surface area (Å²) >= 11 is 0. The standard InChI is InChI=1S/C15H15F2NO2/c16-15(17)20-13-8-6-11(7-9-13)14(10-19)18-12-4-2-1-3-5-12/h1-9,14-15,18-19H,10H2. The minimum atomic E-state index is -2.84. The minimum Gasteiger partial charge on any atom is -0.435 e. The third kappa shape index (κ3) is 3.93. The lowest BCUT2D eigenvalue weighted by Crippen LogP contribution is -2.14. The molecule has 2 rings (SSSR count). The largest absolute Gasteiger partial charge is 0.435 e. The number of aliphatic hydroxyl groups excluding tert-OH is 1. The van der Waals surface area contributed by atoms with Gasteiger partial charge in [0.1, 0.15) is 5.75 Å². The van der Waals surface area contributed by atoms with Crippen molar-refractivity contribution in [1.29, 1.82) is 0 Å². The van der Waals surface area contributed by atoms with Gasteiger partial charge >= 0.3 is 6.61 Å². The van der Waals surface area contributed by atoms with Crippen LogP contribution in [0.1, 0.15) is 11.6 Å². The number of para-hydroxylation sites is 1. The average Bonchev–Trinajstić information content (AvgIpc) is 2.46. The van der Waals surface area contributed by atoms with Crippen molar-refractivity contribution < 1.29 is 18.6 Å². The molecule has 2 aromatic rings. The summed E-state index contributed by atoms with van der Waals surface area (Å²) in [5.41, 5.74) is 1.66. The van der Waals surface area contributed by atoms with Crippen molar-refractivity contribution in [2.24, 2.45) is 0 Å². The highest BCUT2D eigenvalue weighted by atomic mass is 19.3. The lowest BCUT2D eigenvalue weighted by Gasteiger charge is -2.18. The number of benzene rings is 2. The van der Waals surface area contributed by atoms with Crippen molar-refractivity contribution in [2.75, 3.05) is 11.9 Å². The first-order valence-electron chi connectivity index (χ1n) is 6.16. The molecular weight excluding hydrogens is 264 g/mol. The third-order valence-corrected chi connectivity index (χ3v) is 2.80. The van der Waals surface area contributed by atoms with Gasteiger partial charge in [-0.1, -0.05) is 30.3 Å². The Morgan fingerprint density at radius 2 is 1.65 bits per heavy atom. The smallest absolute Gasteiger partial charge is 0.387 e. The van der Waals surface area contributed by atoms with Gasteiger partial charge < -0.3 is 15.2 Å². The highest BCUT2D eigenvalue weighted by Crippen LogP contribution is 2.22. The molecule has 0 bridgehead atoms. The van der Waals surface area contributed by atoms with Crippen LogP contribution < -0.4 is 10.1 Å². The second-order valence-electron chi connectivity index (χ2n) is 4.19. The van der Waals surface area contributed by atoms with Crippen LogP contribution in [0.2, 0.25) is 0 Å². The Morgan fingerprint density at radius 1 is 1.00 bits per heavy atom. The summed E-state index contributed by atoms with van der Waals surface area (Å²) in [6.07, 6.45) is 0. The van der Waals surface area contributed by atoms with Gasteiger partial charge in [0.2, 0.25) is 0 Å². The van der Waals surface area contributed by atoms with Gasteiger partial charge in [-0.15, -0.1) is 0 Å². The molecule has 0 amide bonds. The van der Waals surface area contributed by atoms with Crippen LogP contribution in [-0.2, 0) is 0 Å². The molecule has 0 saturated heterocycles. The van der Waals surface area contributed by atoms with Crippen molar-refractivity contribution in [3.8, 4) is 5.75 Å². The Bertz CT molecular complexity index is 517. The molecule has 0 aliphatic heterocycles. The van der Waals surface area contributed by atoms with E-state index in [-0.39, 0.29) is 18.4 Å². The van der Waals surface area contributed by atoms with E-state index >= 15 is 0 Å². The molecule has 0 heterocycles. The van der Waals surface area contributed by atoms with Crippen LogP contribution >= 0.6 is 0 Å². The fourth-order valence-corrected chi connectivity index (χ4v) is 1.85. The van der Waals surface area contributed by atoms with Gasteiger partial charge in [-0.05, 0) is 29.8 Å². The zero-order valence-electron chi connectivity index (χ0n) is 10.7. The normalized spacial score (nSPS) is 12.2. The van der Waals surface area contributed by atoms with E-state index < -0.39 is 6.61 Å². The Balaban J connectivity index is 2.07. The number of anilines is 1. The highest BCUT2D eigenvalue weighted by Gasteiger charge is 2.11. The number of halogens is 2. The van der Waals surface area contributed by atoms with Crippen molar-refractivity contribution in [1.82, 2.24) is 0 Å². The van der Waals surface area contributed by atoms with Crippen molar-refractivity contribution in [3.63, 3.8) is 0 Å². The molecule has 106 valence electrons. The van der Waals surface area contributed by atoms with Gasteiger partial charge in [0.05, 0.1) is 12.6 Å². The zero-order chi connectivity index (χ0) is 14.4. The second kappa shape index (κ2) is 6.86. The first kappa shape index (κ1) is 14.3. The maximum atomic E-state index is 12.1. The molecule has 3 nitrogen and oxygen atoms in total. The Morgan fingerprint density at radius 3 is 2.20 bits per heavy atom. The summed E-state index contributed by atoms with van der Waals surface area (Å²) in [7, 11) is 0. The van der Waals surface area contributed by atoms with Gasteiger partial charge in [0, 0.05) is 5.69 Å². The van der Waals surface area contributed by atoms with E-state index in [0.29, 0.717) is 0 Å². The first-order valence-corrected chi connectivity index (χ1v) is 6.16. The summed E-state index contributed by atoms with van der Waals surface area (Å²) in [6, 6.07) is 15.3. The van der Waals surface area contributed by atoms with E-state index in [1.54, 1.807) is 12.1 Å². The fraction of sp³-hybridized carbons (Fsp3) is 0.200. The van der Waals surface area contributed by atoms with E-state index in [1.807, 2.05) is 30.3 Å². The van der Waals surface area contributed by atoms with Crippen LogP contribution in [0, 0.1) is 0 Å². The average molecular weight is 279 g/mol. The topological polar surface area (TPSA) is 41.5 Å². The number of alkyl halides is 2. The van der Waals surface area contributed by atoms with Gasteiger partial charge in [-0.25, -0.2) is 0 Å². The predicted molar refractivity (Wildman–Crippen MR) is 73.0 cm³/mol. The van der Waals surface area contributed by atoms with Gasteiger partial charge in [0.25, 0.3) is 0 Å². The van der Waals surface area contributed by atoms with Crippen LogP contribution in [0.4, 0.5) is 14.5 Å². The monoisotopic (exact) mass is 279 g/mol. The maximum Gasteiger partial charge on any atom is 0.387 e. The molecule has 0 aliphatic carbocycles. The maximum absolute atomic E-state index is 12.1. The molecule has 0 spiro atoms. The van der Waals surface area contributed by atoms with Gasteiger partial charge in [0.15, 0.2) is 0 Å². The quantitative estimate of drug-likeness (QED) is 0.851. The molecule has 5 heteroatoms. The number of ether oxygens (including phenoxy) is 1. The summed E-state index contributed by atoms with van der Waals surface area (Å²) < 4.78 is 28.4. The molecule has 0 aliphatic rings. The molecule has 0 radical (unpaired) electrons. The molecule has 1 unspecified atom stereocenters. The highest BCUT2D eigenvalue weighted by molar-refractivity contribution is 5.45. The van der Waals surface area contributed by atoms with Crippen molar-refractivity contribution in [3.05, 3.63) is 60.2 Å². The predicted octanol–water partition coefficient (Wildman–Crippen LogP) is 3.43. The molecule has 0 saturated carbocycles. The number of nitrogens with one attached hydrogen (secondary N) is 1. The van der Waals surface area contributed by atoms with E-state index in [0.717, 1.165) is 11.3 Å².